The maximum Gasteiger partial charge on any atom is 0.193 e. The van der Waals surface area contributed by atoms with Crippen molar-refractivity contribution in [2.24, 2.45) is 0 Å². The lowest BCUT2D eigenvalue weighted by Crippen LogP contribution is -2.23. The third-order valence-electron chi connectivity index (χ3n) is 6.88. The highest BCUT2D eigenvalue weighted by atomic mass is 35.5. The summed E-state index contributed by atoms with van der Waals surface area (Å²) in [6.45, 7) is 13.3. The zero-order chi connectivity index (χ0) is 26.1. The number of carbonyl (C=O) groups excluding carboxylic acids is 1. The van der Waals surface area contributed by atoms with E-state index in [1.165, 1.54) is 11.1 Å². The zero-order valence-corrected chi connectivity index (χ0v) is 22.9. The third-order valence-corrected chi connectivity index (χ3v) is 7.53. The van der Waals surface area contributed by atoms with Crippen molar-refractivity contribution < 1.29 is 4.79 Å². The molecule has 0 aromatic heterocycles. The van der Waals surface area contributed by atoms with Gasteiger partial charge in [-0.15, -0.1) is 11.6 Å². The quantitative estimate of drug-likeness (QED) is 0.153. The molecule has 2 heteroatoms. The number of rotatable bonds is 5. The van der Waals surface area contributed by atoms with Crippen LogP contribution in [0.4, 0.5) is 0 Å². The number of ketones is 1. The molecule has 0 saturated carbocycles. The lowest BCUT2D eigenvalue weighted by molar-refractivity contribution is 0.103. The van der Waals surface area contributed by atoms with E-state index in [1.807, 2.05) is 54.6 Å². The van der Waals surface area contributed by atoms with Crippen molar-refractivity contribution in [2.45, 2.75) is 57.2 Å². The van der Waals surface area contributed by atoms with E-state index in [4.69, 9.17) is 11.6 Å². The maximum atomic E-state index is 13.0. The average molecular weight is 495 g/mol. The molecule has 0 aliphatic carbocycles. The summed E-state index contributed by atoms with van der Waals surface area (Å²) in [4.78, 5) is 12.1. The lowest BCUT2D eigenvalue weighted by atomic mass is 9.79. The molecule has 0 amide bonds. The molecule has 0 atom stereocenters. The van der Waals surface area contributed by atoms with Crippen LogP contribution in [0, 0.1) is 0 Å². The molecule has 4 aromatic carbocycles. The zero-order valence-electron chi connectivity index (χ0n) is 22.1. The Morgan fingerprint density at radius 2 is 0.778 bits per heavy atom. The minimum Gasteiger partial charge on any atom is -0.289 e. The first kappa shape index (κ1) is 25.9. The topological polar surface area (TPSA) is 17.1 Å². The fraction of sp³-hybridized carbons (Fsp3) is 0.265. The highest BCUT2D eigenvalue weighted by molar-refractivity contribution is 6.28. The molecule has 0 radical (unpaired) electrons. The fourth-order valence-corrected chi connectivity index (χ4v) is 4.89. The molecule has 0 saturated heterocycles. The second-order valence-electron chi connectivity index (χ2n) is 11.6. The summed E-state index contributed by atoms with van der Waals surface area (Å²) in [5, 5.41) is 0. The van der Waals surface area contributed by atoms with Gasteiger partial charge in [0, 0.05) is 11.1 Å². The summed E-state index contributed by atoms with van der Waals surface area (Å²) >= 11 is 7.61. The molecule has 0 fully saturated rings. The van der Waals surface area contributed by atoms with E-state index < -0.39 is 4.87 Å². The molecule has 0 spiro atoms. The predicted molar refractivity (Wildman–Crippen MR) is 152 cm³/mol. The molecule has 0 N–H and O–H groups in total. The first-order valence-corrected chi connectivity index (χ1v) is 12.9. The van der Waals surface area contributed by atoms with Gasteiger partial charge in [0.1, 0.15) is 4.87 Å². The van der Waals surface area contributed by atoms with E-state index >= 15 is 0 Å². The van der Waals surface area contributed by atoms with Crippen molar-refractivity contribution in [2.75, 3.05) is 0 Å². The van der Waals surface area contributed by atoms with Crippen LogP contribution in [0.1, 0.15) is 85.3 Å². The van der Waals surface area contributed by atoms with Gasteiger partial charge in [0.05, 0.1) is 0 Å². The Bertz CT molecular complexity index is 1260. The Hall–Kier alpha value is -3.16. The van der Waals surface area contributed by atoms with Crippen molar-refractivity contribution in [1.29, 1.82) is 0 Å². The van der Waals surface area contributed by atoms with E-state index in [-0.39, 0.29) is 16.6 Å². The first-order valence-electron chi connectivity index (χ1n) is 12.5. The minimum atomic E-state index is -0.888. The molecule has 0 bridgehead atoms. The van der Waals surface area contributed by atoms with Crippen LogP contribution < -0.4 is 0 Å². The van der Waals surface area contributed by atoms with Crippen LogP contribution in [0.25, 0.3) is 0 Å². The van der Waals surface area contributed by atoms with Gasteiger partial charge in [0.25, 0.3) is 0 Å². The molecule has 184 valence electrons. The van der Waals surface area contributed by atoms with Crippen LogP contribution in [0.15, 0.2) is 103 Å². The van der Waals surface area contributed by atoms with Crippen LogP contribution in [-0.2, 0) is 15.7 Å². The van der Waals surface area contributed by atoms with Gasteiger partial charge in [0.2, 0.25) is 0 Å². The number of alkyl halides is 1. The van der Waals surface area contributed by atoms with E-state index in [0.29, 0.717) is 11.1 Å². The van der Waals surface area contributed by atoms with Crippen LogP contribution in [0.2, 0.25) is 0 Å². The summed E-state index contributed by atoms with van der Waals surface area (Å²) in [6, 6.07) is 34.3. The lowest BCUT2D eigenvalue weighted by Gasteiger charge is -2.31. The van der Waals surface area contributed by atoms with Crippen molar-refractivity contribution in [3.05, 3.63) is 142 Å². The second-order valence-corrected chi connectivity index (χ2v) is 12.2. The molecule has 4 rings (SSSR count). The normalized spacial score (nSPS) is 12.4. The Morgan fingerprint density at radius 1 is 0.472 bits per heavy atom. The number of benzene rings is 4. The Kier molecular flexibility index (Phi) is 6.99. The highest BCUT2D eigenvalue weighted by Crippen LogP contribution is 2.44. The molecule has 36 heavy (non-hydrogen) atoms. The highest BCUT2D eigenvalue weighted by Gasteiger charge is 2.35. The molecular formula is C34H35ClO. The van der Waals surface area contributed by atoms with E-state index in [9.17, 15) is 4.79 Å². The molecule has 1 nitrogen and oxygen atoms in total. The Balaban J connectivity index is 1.80. The van der Waals surface area contributed by atoms with Gasteiger partial charge in [-0.3, -0.25) is 4.79 Å². The summed E-state index contributed by atoms with van der Waals surface area (Å²) < 4.78 is 0. The molecule has 0 heterocycles. The summed E-state index contributed by atoms with van der Waals surface area (Å²) in [5.74, 6) is 0.00591. The number of hydrogen-bond donors (Lipinski definition) is 0. The largest absolute Gasteiger partial charge is 0.289 e. The van der Waals surface area contributed by atoms with Crippen molar-refractivity contribution in [3.63, 3.8) is 0 Å². The fourth-order valence-electron chi connectivity index (χ4n) is 4.51. The van der Waals surface area contributed by atoms with Gasteiger partial charge >= 0.3 is 0 Å². The summed E-state index contributed by atoms with van der Waals surface area (Å²) in [6.07, 6.45) is 0. The van der Waals surface area contributed by atoms with E-state index in [1.54, 1.807) is 0 Å². The van der Waals surface area contributed by atoms with Crippen molar-refractivity contribution >= 4 is 17.4 Å². The SMILES string of the molecule is CC(C)(C)c1ccc(C(Cl)(c2ccc(C(=O)c3ccccc3)cc2)c2ccc(C(C)(C)C)cc2)cc1. The van der Waals surface area contributed by atoms with Gasteiger partial charge in [-0.25, -0.2) is 0 Å². The monoisotopic (exact) mass is 494 g/mol. The number of carbonyl (C=O) groups is 1. The molecule has 4 aromatic rings. The first-order chi connectivity index (χ1) is 16.9. The summed E-state index contributed by atoms with van der Waals surface area (Å²) in [5.41, 5.74) is 6.90. The van der Waals surface area contributed by atoms with Gasteiger partial charge in [-0.1, -0.05) is 145 Å². The van der Waals surface area contributed by atoms with Gasteiger partial charge in [0.15, 0.2) is 5.78 Å². The van der Waals surface area contributed by atoms with Gasteiger partial charge < -0.3 is 0 Å². The number of halogens is 1. The summed E-state index contributed by atoms with van der Waals surface area (Å²) in [7, 11) is 0. The Morgan fingerprint density at radius 3 is 1.14 bits per heavy atom. The average Bonchev–Trinajstić information content (AvgIpc) is 2.87. The van der Waals surface area contributed by atoms with E-state index in [2.05, 4.69) is 90.1 Å². The third kappa shape index (κ3) is 5.18. The van der Waals surface area contributed by atoms with Crippen molar-refractivity contribution in [3.8, 4) is 0 Å². The second kappa shape index (κ2) is 9.71. The molecular weight excluding hydrogens is 460 g/mol. The van der Waals surface area contributed by atoms with Crippen LogP contribution in [-0.4, -0.2) is 5.78 Å². The molecule has 0 unspecified atom stereocenters. The van der Waals surface area contributed by atoms with Gasteiger partial charge in [-0.2, -0.15) is 0 Å². The van der Waals surface area contributed by atoms with Crippen LogP contribution in [0.5, 0.6) is 0 Å². The minimum absolute atomic E-state index is 0.00591. The predicted octanol–water partition coefficient (Wildman–Crippen LogP) is 9.04. The molecule has 0 aliphatic rings. The van der Waals surface area contributed by atoms with E-state index in [0.717, 1.165) is 16.7 Å². The maximum absolute atomic E-state index is 13.0. The van der Waals surface area contributed by atoms with Gasteiger partial charge in [-0.05, 0) is 38.6 Å². The van der Waals surface area contributed by atoms with Crippen LogP contribution >= 0.6 is 11.6 Å². The molecule has 0 aliphatic heterocycles. The van der Waals surface area contributed by atoms with Crippen molar-refractivity contribution in [1.82, 2.24) is 0 Å². The van der Waals surface area contributed by atoms with Crippen LogP contribution in [0.3, 0.4) is 0 Å². The smallest absolute Gasteiger partial charge is 0.193 e. The standard InChI is InChI=1S/C34H35ClO/c1-32(2,3)26-16-20-29(21-17-26)34(35,30-22-18-27(19-23-30)33(4,5)6)28-14-12-25(13-15-28)31(36)24-10-8-7-9-11-24/h7-23H,1-6H3. The Labute approximate surface area is 221 Å². The number of hydrogen-bond acceptors (Lipinski definition) is 1.